The van der Waals surface area contributed by atoms with Crippen molar-refractivity contribution in [2.24, 2.45) is 0 Å². The molecule has 0 aliphatic carbocycles. The van der Waals surface area contributed by atoms with Crippen molar-refractivity contribution in [3.8, 4) is 17.7 Å². The van der Waals surface area contributed by atoms with E-state index in [0.29, 0.717) is 16.4 Å². The minimum absolute atomic E-state index is 0.0298. The van der Waals surface area contributed by atoms with Crippen molar-refractivity contribution in [1.29, 1.82) is 5.26 Å². The third-order valence-electron chi connectivity index (χ3n) is 5.30. The van der Waals surface area contributed by atoms with E-state index in [-0.39, 0.29) is 34.9 Å². The Bertz CT molecular complexity index is 1540. The summed E-state index contributed by atoms with van der Waals surface area (Å²) >= 11 is 6.08. The summed E-state index contributed by atoms with van der Waals surface area (Å²) in [4.78, 5) is 30.3. The number of nitriles is 1. The number of carbonyl (C=O) groups is 1. The first kappa shape index (κ1) is 23.5. The summed E-state index contributed by atoms with van der Waals surface area (Å²) < 4.78 is 30.5. The highest BCUT2D eigenvalue weighted by Crippen LogP contribution is 2.27. The van der Waals surface area contributed by atoms with Crippen molar-refractivity contribution in [1.82, 2.24) is 14.7 Å². The second-order valence-electron chi connectivity index (χ2n) is 7.82. The molecular weight excluding hydrogens is 480 g/mol. The van der Waals surface area contributed by atoms with Crippen molar-refractivity contribution < 1.29 is 17.9 Å². The van der Waals surface area contributed by atoms with Gasteiger partial charge in [-0.05, 0) is 55.3 Å². The molecule has 34 heavy (non-hydrogen) atoms. The third-order valence-corrected chi connectivity index (χ3v) is 7.49. The van der Waals surface area contributed by atoms with Crippen LogP contribution in [0.3, 0.4) is 0 Å². The second-order valence-corrected chi connectivity index (χ2v) is 10.5. The number of rotatable bonds is 5. The molecule has 0 unspecified atom stereocenters. The molecule has 1 fully saturated rings. The Kier molecular flexibility index (Phi) is 6.41. The fourth-order valence-electron chi connectivity index (χ4n) is 3.54. The molecule has 4 rings (SSSR count). The molecule has 0 saturated carbocycles. The van der Waals surface area contributed by atoms with Gasteiger partial charge in [0.1, 0.15) is 28.6 Å². The number of fused-ring (bicyclic) bond motifs is 1. The van der Waals surface area contributed by atoms with Gasteiger partial charge in [0, 0.05) is 17.3 Å². The highest BCUT2D eigenvalue weighted by Gasteiger charge is 2.30. The first-order chi connectivity index (χ1) is 16.2. The molecule has 0 radical (unpaired) electrons. The van der Waals surface area contributed by atoms with Crippen LogP contribution >= 0.6 is 11.6 Å². The topological polar surface area (TPSA) is 131 Å². The number of hydrogen-bond acceptors (Lipinski definition) is 7. The first-order valence-electron chi connectivity index (χ1n) is 10.3. The van der Waals surface area contributed by atoms with Crippen LogP contribution in [0.15, 0.2) is 53.0 Å². The van der Waals surface area contributed by atoms with Crippen molar-refractivity contribution in [3.05, 3.63) is 74.7 Å². The molecule has 1 aromatic carbocycles. The van der Waals surface area contributed by atoms with Gasteiger partial charge in [0.05, 0.1) is 11.5 Å². The van der Waals surface area contributed by atoms with E-state index < -0.39 is 27.3 Å². The Labute approximate surface area is 200 Å². The third kappa shape index (κ3) is 4.95. The van der Waals surface area contributed by atoms with Crippen molar-refractivity contribution in [2.75, 3.05) is 11.5 Å². The van der Waals surface area contributed by atoms with E-state index in [9.17, 15) is 23.3 Å². The number of sulfone groups is 1. The molecule has 1 aliphatic rings. The van der Waals surface area contributed by atoms with Crippen LogP contribution in [0.1, 0.15) is 17.5 Å². The van der Waals surface area contributed by atoms with Crippen LogP contribution in [0.25, 0.3) is 11.7 Å². The standard InChI is InChI=1S/C23H19ClN4O5S/c1-14-10-17(5-6-19(14)24)33-22-18(23(30)28-8-3-2-4-20(28)27-22)11-15(12-25)21(29)26-16-7-9-34(31,32)13-16/h2-6,8,10-11,16H,7,9,13H2,1H3,(H,26,29)/b15-11+/t16-/m0/s1. The average molecular weight is 499 g/mol. The van der Waals surface area contributed by atoms with Crippen LogP contribution < -0.4 is 15.6 Å². The SMILES string of the molecule is Cc1cc(Oc2nc3ccccn3c(=O)c2/C=C(\C#N)C(=O)N[C@H]2CCS(=O)(=O)C2)ccc1Cl. The molecular formula is C23H19ClN4O5S. The van der Waals surface area contributed by atoms with E-state index in [2.05, 4.69) is 10.3 Å². The molecule has 1 N–H and O–H groups in total. The number of benzene rings is 1. The van der Waals surface area contributed by atoms with Gasteiger partial charge in [0.25, 0.3) is 11.5 Å². The van der Waals surface area contributed by atoms with E-state index in [1.54, 1.807) is 49.4 Å². The molecule has 9 nitrogen and oxygen atoms in total. The van der Waals surface area contributed by atoms with Gasteiger partial charge in [0.2, 0.25) is 5.88 Å². The number of ether oxygens (including phenoxy) is 1. The van der Waals surface area contributed by atoms with Crippen molar-refractivity contribution in [2.45, 2.75) is 19.4 Å². The molecule has 1 aliphatic heterocycles. The molecule has 11 heteroatoms. The highest BCUT2D eigenvalue weighted by molar-refractivity contribution is 7.91. The minimum atomic E-state index is -3.22. The Morgan fingerprint density at radius 3 is 2.82 bits per heavy atom. The smallest absolute Gasteiger partial charge is 0.269 e. The van der Waals surface area contributed by atoms with E-state index >= 15 is 0 Å². The van der Waals surface area contributed by atoms with E-state index in [1.807, 2.05) is 0 Å². The van der Waals surface area contributed by atoms with Crippen LogP contribution in [-0.2, 0) is 14.6 Å². The minimum Gasteiger partial charge on any atom is -0.438 e. The summed E-state index contributed by atoms with van der Waals surface area (Å²) in [5, 5.41) is 12.7. The quantitative estimate of drug-likeness (QED) is 0.422. The van der Waals surface area contributed by atoms with Crippen molar-refractivity contribution in [3.63, 3.8) is 0 Å². The number of pyridine rings is 1. The van der Waals surface area contributed by atoms with Crippen LogP contribution in [0.5, 0.6) is 11.6 Å². The number of halogens is 1. The number of aromatic nitrogens is 2. The molecule has 0 spiro atoms. The van der Waals surface area contributed by atoms with E-state index in [0.717, 1.165) is 11.6 Å². The van der Waals surface area contributed by atoms with Gasteiger partial charge in [-0.15, -0.1) is 0 Å². The number of carbonyl (C=O) groups excluding carboxylic acids is 1. The predicted molar refractivity (Wildman–Crippen MR) is 127 cm³/mol. The van der Waals surface area contributed by atoms with Crippen LogP contribution in [0, 0.1) is 18.3 Å². The van der Waals surface area contributed by atoms with Gasteiger partial charge >= 0.3 is 0 Å². The molecule has 1 saturated heterocycles. The molecule has 174 valence electrons. The summed E-state index contributed by atoms with van der Waals surface area (Å²) in [6, 6.07) is 11.1. The number of nitrogens with zero attached hydrogens (tertiary/aromatic N) is 3. The van der Waals surface area contributed by atoms with Crippen LogP contribution in [0.2, 0.25) is 5.02 Å². The summed E-state index contributed by atoms with van der Waals surface area (Å²) in [5.41, 5.74) is 0.0235. The van der Waals surface area contributed by atoms with Crippen LogP contribution in [0.4, 0.5) is 0 Å². The maximum Gasteiger partial charge on any atom is 0.269 e. The normalized spacial score (nSPS) is 17.3. The monoisotopic (exact) mass is 498 g/mol. The highest BCUT2D eigenvalue weighted by atomic mass is 35.5. The summed E-state index contributed by atoms with van der Waals surface area (Å²) in [6.45, 7) is 1.79. The lowest BCUT2D eigenvalue weighted by atomic mass is 10.1. The lowest BCUT2D eigenvalue weighted by Gasteiger charge is -2.12. The van der Waals surface area contributed by atoms with Gasteiger partial charge < -0.3 is 10.1 Å². The summed E-state index contributed by atoms with van der Waals surface area (Å²) in [6.07, 6.45) is 2.87. The first-order valence-corrected chi connectivity index (χ1v) is 12.5. The molecule has 0 bridgehead atoms. The predicted octanol–water partition coefficient (Wildman–Crippen LogP) is 2.66. The number of aryl methyl sites for hydroxylation is 1. The van der Waals surface area contributed by atoms with E-state index in [4.69, 9.17) is 16.3 Å². The fraction of sp³-hybridized carbons (Fsp3) is 0.217. The number of hydrogen-bond donors (Lipinski definition) is 1. The van der Waals surface area contributed by atoms with Gasteiger partial charge in [0.15, 0.2) is 9.84 Å². The summed E-state index contributed by atoms with van der Waals surface area (Å²) in [5.74, 6) is -0.736. The number of nitrogens with one attached hydrogen (secondary N) is 1. The molecule has 1 amide bonds. The number of amides is 1. The average Bonchev–Trinajstić information content (AvgIpc) is 3.14. The molecule has 3 heterocycles. The van der Waals surface area contributed by atoms with Gasteiger partial charge in [-0.2, -0.15) is 10.2 Å². The maximum absolute atomic E-state index is 13.2. The Hall–Kier alpha value is -3.68. The Balaban J connectivity index is 1.76. The van der Waals surface area contributed by atoms with Crippen molar-refractivity contribution >= 4 is 39.1 Å². The zero-order chi connectivity index (χ0) is 24.5. The maximum atomic E-state index is 13.2. The molecule has 2 aromatic heterocycles. The Morgan fingerprint density at radius 2 is 2.15 bits per heavy atom. The van der Waals surface area contributed by atoms with Gasteiger partial charge in [-0.25, -0.2) is 8.42 Å². The largest absolute Gasteiger partial charge is 0.438 e. The second kappa shape index (κ2) is 9.29. The fourth-order valence-corrected chi connectivity index (χ4v) is 5.33. The van der Waals surface area contributed by atoms with Gasteiger partial charge in [-0.3, -0.25) is 14.0 Å². The molecule has 3 aromatic rings. The van der Waals surface area contributed by atoms with Crippen LogP contribution in [-0.4, -0.2) is 41.3 Å². The zero-order valence-electron chi connectivity index (χ0n) is 18.0. The van der Waals surface area contributed by atoms with E-state index in [1.165, 1.54) is 10.6 Å². The summed E-state index contributed by atoms with van der Waals surface area (Å²) in [7, 11) is -3.22. The lowest BCUT2D eigenvalue weighted by Crippen LogP contribution is -2.36. The molecule has 1 atom stereocenters. The Morgan fingerprint density at radius 1 is 1.35 bits per heavy atom. The van der Waals surface area contributed by atoms with Gasteiger partial charge in [-0.1, -0.05) is 17.7 Å². The lowest BCUT2D eigenvalue weighted by molar-refractivity contribution is -0.117. The zero-order valence-corrected chi connectivity index (χ0v) is 19.6.